The Kier molecular flexibility index (Phi) is 4.91. The van der Waals surface area contributed by atoms with Crippen LogP contribution in [0.5, 0.6) is 0 Å². The van der Waals surface area contributed by atoms with Gasteiger partial charge in [-0.2, -0.15) is 18.2 Å². The molecule has 0 aliphatic carbocycles. The van der Waals surface area contributed by atoms with E-state index >= 15 is 0 Å². The zero-order valence-electron chi connectivity index (χ0n) is 13.8. The first kappa shape index (κ1) is 17.2. The molecule has 134 valence electrons. The minimum atomic E-state index is -4.36. The Labute approximate surface area is 143 Å². The van der Waals surface area contributed by atoms with Crippen LogP contribution in [0.4, 0.5) is 30.8 Å². The van der Waals surface area contributed by atoms with Gasteiger partial charge >= 0.3 is 6.18 Å². The van der Waals surface area contributed by atoms with Crippen LogP contribution in [0.15, 0.2) is 30.6 Å². The van der Waals surface area contributed by atoms with Gasteiger partial charge in [0.1, 0.15) is 11.6 Å². The standard InChI is InChI=1S/C16H19F3N6/c1-2-20-13-5-6-21-15(23-13)25-9-7-24(8-10-25)14-4-3-12(11-22-14)16(17,18)19/h3-6,11H,2,7-10H2,1H3,(H,20,21,23). The SMILES string of the molecule is CCNc1ccnc(N2CCN(c3ccc(C(F)(F)F)cn3)CC2)n1. The number of hydrogen-bond acceptors (Lipinski definition) is 6. The average molecular weight is 352 g/mol. The lowest BCUT2D eigenvalue weighted by molar-refractivity contribution is -0.137. The highest BCUT2D eigenvalue weighted by atomic mass is 19.4. The zero-order chi connectivity index (χ0) is 17.9. The average Bonchev–Trinajstić information content (AvgIpc) is 2.62. The Bertz CT molecular complexity index is 696. The van der Waals surface area contributed by atoms with Crippen LogP contribution in [0.2, 0.25) is 0 Å². The lowest BCUT2D eigenvalue weighted by atomic mass is 10.2. The third-order valence-electron chi connectivity index (χ3n) is 3.96. The summed E-state index contributed by atoms with van der Waals surface area (Å²) >= 11 is 0. The highest BCUT2D eigenvalue weighted by molar-refractivity contribution is 5.45. The van der Waals surface area contributed by atoms with Gasteiger partial charge in [0.25, 0.3) is 0 Å². The van der Waals surface area contributed by atoms with Crippen LogP contribution in [-0.2, 0) is 6.18 Å². The molecule has 0 saturated carbocycles. The van der Waals surface area contributed by atoms with Crippen LogP contribution < -0.4 is 15.1 Å². The monoisotopic (exact) mass is 352 g/mol. The van der Waals surface area contributed by atoms with Crippen molar-refractivity contribution in [2.75, 3.05) is 47.8 Å². The third kappa shape index (κ3) is 4.09. The maximum atomic E-state index is 12.6. The van der Waals surface area contributed by atoms with E-state index in [-0.39, 0.29) is 0 Å². The van der Waals surface area contributed by atoms with E-state index in [0.29, 0.717) is 37.9 Å². The minimum Gasteiger partial charge on any atom is -0.370 e. The van der Waals surface area contributed by atoms with Crippen LogP contribution in [0.3, 0.4) is 0 Å². The molecule has 0 aromatic carbocycles. The second-order valence-electron chi connectivity index (χ2n) is 5.65. The summed E-state index contributed by atoms with van der Waals surface area (Å²) in [6, 6.07) is 4.30. The molecule has 1 aliphatic rings. The molecule has 25 heavy (non-hydrogen) atoms. The normalized spacial score (nSPS) is 15.4. The van der Waals surface area contributed by atoms with E-state index in [2.05, 4.69) is 25.2 Å². The van der Waals surface area contributed by atoms with Gasteiger partial charge in [-0.3, -0.25) is 0 Å². The number of pyridine rings is 1. The molecular formula is C16H19F3N6. The van der Waals surface area contributed by atoms with Gasteiger partial charge < -0.3 is 15.1 Å². The topological polar surface area (TPSA) is 57.2 Å². The maximum Gasteiger partial charge on any atom is 0.417 e. The van der Waals surface area contributed by atoms with Gasteiger partial charge in [0.15, 0.2) is 0 Å². The van der Waals surface area contributed by atoms with Crippen LogP contribution in [0.1, 0.15) is 12.5 Å². The first-order valence-electron chi connectivity index (χ1n) is 8.07. The van der Waals surface area contributed by atoms with Crippen LogP contribution in [-0.4, -0.2) is 47.7 Å². The van der Waals surface area contributed by atoms with E-state index in [9.17, 15) is 13.2 Å². The molecule has 1 saturated heterocycles. The summed E-state index contributed by atoms with van der Waals surface area (Å²) in [5.41, 5.74) is -0.733. The molecule has 0 atom stereocenters. The fourth-order valence-electron chi connectivity index (χ4n) is 2.66. The van der Waals surface area contributed by atoms with E-state index < -0.39 is 11.7 Å². The van der Waals surface area contributed by atoms with Crippen molar-refractivity contribution in [1.82, 2.24) is 15.0 Å². The highest BCUT2D eigenvalue weighted by Gasteiger charge is 2.31. The van der Waals surface area contributed by atoms with Gasteiger partial charge in [-0.25, -0.2) is 9.97 Å². The number of nitrogens with one attached hydrogen (secondary N) is 1. The number of hydrogen-bond donors (Lipinski definition) is 1. The molecule has 0 amide bonds. The Morgan fingerprint density at radius 1 is 1.04 bits per heavy atom. The number of alkyl halides is 3. The van der Waals surface area contributed by atoms with Gasteiger partial charge in [-0.1, -0.05) is 0 Å². The van der Waals surface area contributed by atoms with Crippen molar-refractivity contribution in [3.8, 4) is 0 Å². The fourth-order valence-corrected chi connectivity index (χ4v) is 2.66. The number of anilines is 3. The molecule has 2 aromatic heterocycles. The third-order valence-corrected chi connectivity index (χ3v) is 3.96. The van der Waals surface area contributed by atoms with Crippen molar-refractivity contribution in [3.63, 3.8) is 0 Å². The smallest absolute Gasteiger partial charge is 0.370 e. The van der Waals surface area contributed by atoms with Crippen molar-refractivity contribution in [1.29, 1.82) is 0 Å². The molecule has 3 heterocycles. The maximum absolute atomic E-state index is 12.6. The van der Waals surface area contributed by atoms with E-state index in [1.165, 1.54) is 6.07 Å². The van der Waals surface area contributed by atoms with Crippen molar-refractivity contribution in [2.45, 2.75) is 13.1 Å². The highest BCUT2D eigenvalue weighted by Crippen LogP contribution is 2.29. The molecule has 6 nitrogen and oxygen atoms in total. The first-order valence-corrected chi connectivity index (χ1v) is 8.07. The van der Waals surface area contributed by atoms with Crippen LogP contribution in [0.25, 0.3) is 0 Å². The van der Waals surface area contributed by atoms with E-state index in [1.54, 1.807) is 6.20 Å². The number of halogens is 3. The first-order chi connectivity index (χ1) is 12.0. The molecular weight excluding hydrogens is 333 g/mol. The minimum absolute atomic E-state index is 0.551. The Balaban J connectivity index is 1.63. The molecule has 1 aliphatic heterocycles. The largest absolute Gasteiger partial charge is 0.417 e. The molecule has 0 unspecified atom stereocenters. The second kappa shape index (κ2) is 7.12. The summed E-state index contributed by atoms with van der Waals surface area (Å²) in [5, 5.41) is 3.15. The lowest BCUT2D eigenvalue weighted by Crippen LogP contribution is -2.47. The number of aromatic nitrogens is 3. The molecule has 1 N–H and O–H groups in total. The Morgan fingerprint density at radius 2 is 1.76 bits per heavy atom. The Hall–Kier alpha value is -2.58. The molecule has 0 bridgehead atoms. The van der Waals surface area contributed by atoms with Gasteiger partial charge in [0.2, 0.25) is 5.95 Å². The van der Waals surface area contributed by atoms with Gasteiger partial charge in [0.05, 0.1) is 5.56 Å². The van der Waals surface area contributed by atoms with Crippen LogP contribution >= 0.6 is 0 Å². The number of nitrogens with zero attached hydrogens (tertiary/aromatic N) is 5. The fraction of sp³-hybridized carbons (Fsp3) is 0.438. The summed E-state index contributed by atoms with van der Waals surface area (Å²) in [4.78, 5) is 16.7. The molecule has 0 spiro atoms. The second-order valence-corrected chi connectivity index (χ2v) is 5.65. The van der Waals surface area contributed by atoms with Crippen LogP contribution in [0, 0.1) is 0 Å². The summed E-state index contributed by atoms with van der Waals surface area (Å²) in [6.45, 7) is 5.43. The summed E-state index contributed by atoms with van der Waals surface area (Å²) in [6.07, 6.45) is -1.77. The van der Waals surface area contributed by atoms with Crippen molar-refractivity contribution in [3.05, 3.63) is 36.2 Å². The zero-order valence-corrected chi connectivity index (χ0v) is 13.8. The number of piperazine rings is 1. The van der Waals surface area contributed by atoms with E-state index in [4.69, 9.17) is 0 Å². The quantitative estimate of drug-likeness (QED) is 0.913. The van der Waals surface area contributed by atoms with Gasteiger partial charge in [0, 0.05) is 45.1 Å². The van der Waals surface area contributed by atoms with Crippen molar-refractivity contribution in [2.24, 2.45) is 0 Å². The molecule has 1 fully saturated rings. The summed E-state index contributed by atoms with van der Waals surface area (Å²) < 4.78 is 37.8. The summed E-state index contributed by atoms with van der Waals surface area (Å²) in [7, 11) is 0. The number of rotatable bonds is 4. The van der Waals surface area contributed by atoms with Crippen molar-refractivity contribution < 1.29 is 13.2 Å². The molecule has 2 aromatic rings. The van der Waals surface area contributed by atoms with Gasteiger partial charge in [-0.05, 0) is 25.1 Å². The Morgan fingerprint density at radius 3 is 2.36 bits per heavy atom. The van der Waals surface area contributed by atoms with Crippen molar-refractivity contribution >= 4 is 17.6 Å². The van der Waals surface area contributed by atoms with E-state index in [0.717, 1.165) is 24.6 Å². The summed E-state index contributed by atoms with van der Waals surface area (Å²) in [5.74, 6) is 1.98. The van der Waals surface area contributed by atoms with E-state index in [1.807, 2.05) is 17.9 Å². The molecule has 3 rings (SSSR count). The predicted octanol–water partition coefficient (Wildman–Crippen LogP) is 2.65. The predicted molar refractivity (Wildman–Crippen MR) is 89.9 cm³/mol. The molecule has 0 radical (unpaired) electrons. The lowest BCUT2D eigenvalue weighted by Gasteiger charge is -2.35. The van der Waals surface area contributed by atoms with Gasteiger partial charge in [-0.15, -0.1) is 0 Å². The molecule has 9 heteroatoms.